The van der Waals surface area contributed by atoms with Gasteiger partial charge in [0.2, 0.25) is 0 Å². The third-order valence-electron chi connectivity index (χ3n) is 3.87. The largest absolute Gasteiger partial charge is 0.282 e. The molecule has 0 bridgehead atoms. The Kier molecular flexibility index (Phi) is 4.53. The van der Waals surface area contributed by atoms with E-state index in [2.05, 4.69) is 20.9 Å². The van der Waals surface area contributed by atoms with Crippen LogP contribution < -0.4 is 4.90 Å². The molecule has 0 spiro atoms. The van der Waals surface area contributed by atoms with E-state index in [0.717, 1.165) is 14.9 Å². The van der Waals surface area contributed by atoms with Crippen molar-refractivity contribution < 1.29 is 9.18 Å². The molecule has 0 saturated heterocycles. The minimum Gasteiger partial charge on any atom is -0.266 e. The van der Waals surface area contributed by atoms with Crippen molar-refractivity contribution in [1.82, 2.24) is 0 Å². The Morgan fingerprint density at radius 1 is 1.04 bits per heavy atom. The van der Waals surface area contributed by atoms with Gasteiger partial charge >= 0.3 is 0 Å². The first kappa shape index (κ1) is 16.9. The fourth-order valence-electron chi connectivity index (χ4n) is 2.65. The summed E-state index contributed by atoms with van der Waals surface area (Å²) in [6.45, 7) is 0. The van der Waals surface area contributed by atoms with Crippen LogP contribution in [0.5, 0.6) is 0 Å². The van der Waals surface area contributed by atoms with E-state index < -0.39 is 0 Å². The molecule has 0 unspecified atom stereocenters. The maximum Gasteiger partial charge on any atom is 0.282 e. The Hall–Kier alpha value is -2.57. The quantitative estimate of drug-likeness (QED) is 0.510. The number of amides is 1. The normalized spacial score (nSPS) is 15.6. The zero-order valence-electron chi connectivity index (χ0n) is 13.4. The van der Waals surface area contributed by atoms with Gasteiger partial charge in [0.15, 0.2) is 0 Å². The van der Waals surface area contributed by atoms with Crippen LogP contribution in [0.15, 0.2) is 81.2 Å². The molecule has 3 nitrogen and oxygen atoms in total. The van der Waals surface area contributed by atoms with E-state index in [9.17, 15) is 9.18 Å². The highest BCUT2D eigenvalue weighted by Crippen LogP contribution is 2.29. The van der Waals surface area contributed by atoms with Gasteiger partial charge in [-0.2, -0.15) is 0 Å². The average molecular weight is 427 g/mol. The highest BCUT2D eigenvalue weighted by Gasteiger charge is 2.32. The van der Waals surface area contributed by atoms with Gasteiger partial charge in [0.05, 0.1) is 5.69 Å². The molecule has 2 heterocycles. The zero-order chi connectivity index (χ0) is 18.1. The molecule has 4 rings (SSSR count). The summed E-state index contributed by atoms with van der Waals surface area (Å²) < 4.78 is 14.3. The van der Waals surface area contributed by atoms with Crippen molar-refractivity contribution in [2.75, 3.05) is 4.90 Å². The summed E-state index contributed by atoms with van der Waals surface area (Å²) in [7, 11) is 0. The zero-order valence-corrected chi connectivity index (χ0v) is 15.8. The summed E-state index contributed by atoms with van der Waals surface area (Å²) in [6.07, 6.45) is 1.77. The molecular weight excluding hydrogens is 415 g/mol. The van der Waals surface area contributed by atoms with Crippen LogP contribution in [-0.2, 0) is 4.79 Å². The molecule has 0 radical (unpaired) electrons. The number of benzene rings is 2. The third kappa shape index (κ3) is 3.25. The topological polar surface area (TPSA) is 32.7 Å². The van der Waals surface area contributed by atoms with E-state index in [0.29, 0.717) is 17.2 Å². The first-order valence-corrected chi connectivity index (χ1v) is 9.49. The molecule has 1 aliphatic heterocycles. The Morgan fingerprint density at radius 3 is 2.42 bits per heavy atom. The van der Waals surface area contributed by atoms with E-state index in [4.69, 9.17) is 0 Å². The molecule has 3 aromatic rings. The van der Waals surface area contributed by atoms with E-state index >= 15 is 0 Å². The van der Waals surface area contributed by atoms with Crippen LogP contribution in [0.25, 0.3) is 6.08 Å². The fraction of sp³-hybridized carbons (Fsp3) is 0. The van der Waals surface area contributed by atoms with Gasteiger partial charge in [-0.25, -0.2) is 9.38 Å². The number of anilines is 1. The fourth-order valence-corrected chi connectivity index (χ4v) is 3.56. The van der Waals surface area contributed by atoms with E-state index in [1.807, 2.05) is 41.8 Å². The Balaban J connectivity index is 1.82. The van der Waals surface area contributed by atoms with Gasteiger partial charge in [-0.3, -0.25) is 9.69 Å². The summed E-state index contributed by atoms with van der Waals surface area (Å²) in [6, 6.07) is 17.3. The van der Waals surface area contributed by atoms with Crippen LogP contribution in [0, 0.1) is 5.82 Å². The van der Waals surface area contributed by atoms with Gasteiger partial charge in [-0.15, -0.1) is 11.3 Å². The van der Waals surface area contributed by atoms with Crippen molar-refractivity contribution in [2.45, 2.75) is 0 Å². The van der Waals surface area contributed by atoms with Crippen molar-refractivity contribution in [3.8, 4) is 0 Å². The molecule has 1 amide bonds. The monoisotopic (exact) mass is 426 g/mol. The second kappa shape index (κ2) is 6.97. The van der Waals surface area contributed by atoms with Crippen molar-refractivity contribution in [3.63, 3.8) is 0 Å². The number of hydrogen-bond acceptors (Lipinski definition) is 3. The highest BCUT2D eigenvalue weighted by atomic mass is 79.9. The number of amidine groups is 1. The van der Waals surface area contributed by atoms with Crippen molar-refractivity contribution in [3.05, 3.63) is 92.5 Å². The molecule has 0 aliphatic carbocycles. The number of hydrogen-bond donors (Lipinski definition) is 0. The van der Waals surface area contributed by atoms with Gasteiger partial charge in [0.1, 0.15) is 17.3 Å². The van der Waals surface area contributed by atoms with E-state index in [1.165, 1.54) is 28.4 Å². The van der Waals surface area contributed by atoms with Crippen molar-refractivity contribution in [2.24, 2.45) is 4.99 Å². The number of nitrogens with zero attached hydrogens (tertiary/aromatic N) is 2. The predicted molar refractivity (Wildman–Crippen MR) is 107 cm³/mol. The SMILES string of the molecule is O=C1/C(=C\c2cccs2)N=C(c2ccc(Br)cc2)N1c1ccc(F)cc1. The van der Waals surface area contributed by atoms with Crippen LogP contribution in [0.4, 0.5) is 10.1 Å². The molecule has 26 heavy (non-hydrogen) atoms. The highest BCUT2D eigenvalue weighted by molar-refractivity contribution is 9.10. The predicted octanol–water partition coefficient (Wildman–Crippen LogP) is 5.48. The van der Waals surface area contributed by atoms with Gasteiger partial charge in [0, 0.05) is 14.9 Å². The molecule has 0 saturated carbocycles. The number of thiophene rings is 1. The standard InChI is InChI=1S/C20H12BrFN2OS/c21-14-5-3-13(4-6-14)19-23-18(12-17-2-1-11-26-17)20(25)24(19)16-9-7-15(22)8-10-16/h1-12H/b18-12+. The lowest BCUT2D eigenvalue weighted by molar-refractivity contribution is -0.113. The number of rotatable bonds is 3. The average Bonchev–Trinajstić information content (AvgIpc) is 3.26. The Morgan fingerprint density at radius 2 is 1.77 bits per heavy atom. The van der Waals surface area contributed by atoms with E-state index in [-0.39, 0.29) is 11.7 Å². The van der Waals surface area contributed by atoms with Crippen LogP contribution >= 0.6 is 27.3 Å². The van der Waals surface area contributed by atoms with E-state index in [1.54, 1.807) is 18.2 Å². The van der Waals surface area contributed by atoms with Crippen LogP contribution in [0.2, 0.25) is 0 Å². The lowest BCUT2D eigenvalue weighted by Gasteiger charge is -2.18. The lowest BCUT2D eigenvalue weighted by atomic mass is 10.2. The van der Waals surface area contributed by atoms with Gasteiger partial charge in [0.25, 0.3) is 5.91 Å². The Bertz CT molecular complexity index is 1010. The lowest BCUT2D eigenvalue weighted by Crippen LogP contribution is -2.32. The number of carbonyl (C=O) groups excluding carboxylic acids is 1. The van der Waals surface area contributed by atoms with Gasteiger partial charge in [-0.05, 0) is 53.9 Å². The summed E-state index contributed by atoms with van der Waals surface area (Å²) in [4.78, 5) is 20.1. The van der Waals surface area contributed by atoms with Crippen molar-refractivity contribution in [1.29, 1.82) is 0 Å². The maximum absolute atomic E-state index is 13.3. The van der Waals surface area contributed by atoms with Crippen LogP contribution in [0.1, 0.15) is 10.4 Å². The number of carbonyl (C=O) groups is 1. The molecule has 128 valence electrons. The van der Waals surface area contributed by atoms with Crippen molar-refractivity contribution >= 4 is 50.8 Å². The first-order valence-electron chi connectivity index (χ1n) is 7.82. The maximum atomic E-state index is 13.3. The molecule has 6 heteroatoms. The minimum atomic E-state index is -0.350. The number of aliphatic imine (C=N–C) groups is 1. The van der Waals surface area contributed by atoms with Crippen LogP contribution in [-0.4, -0.2) is 11.7 Å². The summed E-state index contributed by atoms with van der Waals surface area (Å²) in [5.41, 5.74) is 1.74. The number of halogens is 2. The molecule has 1 aliphatic rings. The molecular formula is C20H12BrFN2OS. The molecule has 0 fully saturated rings. The third-order valence-corrected chi connectivity index (χ3v) is 5.22. The molecule has 2 aromatic carbocycles. The first-order chi connectivity index (χ1) is 12.6. The summed E-state index contributed by atoms with van der Waals surface area (Å²) in [5.74, 6) is -0.0586. The van der Waals surface area contributed by atoms with Gasteiger partial charge in [-0.1, -0.05) is 34.1 Å². The summed E-state index contributed by atoms with van der Waals surface area (Å²) >= 11 is 4.95. The second-order valence-electron chi connectivity index (χ2n) is 5.60. The molecule has 0 N–H and O–H groups in total. The molecule has 0 atom stereocenters. The smallest absolute Gasteiger partial charge is 0.266 e. The molecule has 1 aromatic heterocycles. The minimum absolute atomic E-state index is 0.233. The van der Waals surface area contributed by atoms with Crippen LogP contribution in [0.3, 0.4) is 0 Å². The second-order valence-corrected chi connectivity index (χ2v) is 7.50. The summed E-state index contributed by atoms with van der Waals surface area (Å²) in [5, 5.41) is 1.95. The Labute approximate surface area is 162 Å². The van der Waals surface area contributed by atoms with Gasteiger partial charge < -0.3 is 0 Å².